The molecule has 1 aliphatic heterocycles. The van der Waals surface area contributed by atoms with Gasteiger partial charge in [-0.1, -0.05) is 17.4 Å². The van der Waals surface area contributed by atoms with Crippen LogP contribution in [-0.2, 0) is 4.79 Å². The standard InChI is InChI=1S/C20H18FN5OS/c21-15-4-1-5-17-18(15)24-20(28-17)26-8-2-3-13(11-26)19(27)23-14-7-6-12-10-22-25-16(12)9-14/h1,4-7,9-10,13H,2-3,8,11H2,(H,22,25)(H,23,27). The van der Waals surface area contributed by atoms with Crippen LogP contribution >= 0.6 is 11.3 Å². The lowest BCUT2D eigenvalue weighted by molar-refractivity contribution is -0.120. The predicted octanol–water partition coefficient (Wildman–Crippen LogP) is 4.17. The van der Waals surface area contributed by atoms with E-state index in [1.54, 1.807) is 12.3 Å². The number of rotatable bonds is 3. The van der Waals surface area contributed by atoms with Gasteiger partial charge in [-0.2, -0.15) is 5.10 Å². The Labute approximate surface area is 164 Å². The van der Waals surface area contributed by atoms with Gasteiger partial charge in [-0.25, -0.2) is 9.37 Å². The number of hydrogen-bond donors (Lipinski definition) is 2. The molecule has 1 atom stereocenters. The summed E-state index contributed by atoms with van der Waals surface area (Å²) in [5, 5.41) is 11.7. The number of aromatic amines is 1. The summed E-state index contributed by atoms with van der Waals surface area (Å²) in [6, 6.07) is 10.7. The van der Waals surface area contributed by atoms with Gasteiger partial charge in [0.05, 0.1) is 22.3 Å². The largest absolute Gasteiger partial charge is 0.347 e. The maximum atomic E-state index is 14.0. The van der Waals surface area contributed by atoms with E-state index in [1.165, 1.54) is 17.4 Å². The van der Waals surface area contributed by atoms with Crippen LogP contribution < -0.4 is 10.2 Å². The number of nitrogens with one attached hydrogen (secondary N) is 2. The molecule has 0 radical (unpaired) electrons. The monoisotopic (exact) mass is 395 g/mol. The maximum Gasteiger partial charge on any atom is 0.229 e. The lowest BCUT2D eigenvalue weighted by Crippen LogP contribution is -2.40. The first-order chi connectivity index (χ1) is 13.7. The Balaban J connectivity index is 1.32. The van der Waals surface area contributed by atoms with E-state index in [0.717, 1.165) is 45.8 Å². The van der Waals surface area contributed by atoms with E-state index < -0.39 is 0 Å². The van der Waals surface area contributed by atoms with Gasteiger partial charge in [0.25, 0.3) is 0 Å². The molecule has 5 rings (SSSR count). The van der Waals surface area contributed by atoms with Crippen LogP contribution in [0.25, 0.3) is 21.1 Å². The maximum absolute atomic E-state index is 14.0. The number of anilines is 2. The number of benzene rings is 2. The molecular weight excluding hydrogens is 377 g/mol. The minimum Gasteiger partial charge on any atom is -0.347 e. The summed E-state index contributed by atoms with van der Waals surface area (Å²) in [7, 11) is 0. The molecule has 142 valence electrons. The van der Waals surface area contributed by atoms with Gasteiger partial charge in [-0.3, -0.25) is 9.89 Å². The van der Waals surface area contributed by atoms with E-state index in [9.17, 15) is 9.18 Å². The molecule has 3 heterocycles. The van der Waals surface area contributed by atoms with E-state index >= 15 is 0 Å². The molecule has 0 spiro atoms. The molecule has 0 aliphatic carbocycles. The molecule has 8 heteroatoms. The summed E-state index contributed by atoms with van der Waals surface area (Å²) < 4.78 is 14.8. The molecule has 0 bridgehead atoms. The fraction of sp³-hybridized carbons (Fsp3) is 0.250. The SMILES string of the molecule is O=C(Nc1ccc2cn[nH]c2c1)C1CCCN(c2nc3c(F)cccc3s2)C1. The molecule has 1 amide bonds. The van der Waals surface area contributed by atoms with E-state index in [-0.39, 0.29) is 17.6 Å². The van der Waals surface area contributed by atoms with Crippen LogP contribution in [0.4, 0.5) is 15.2 Å². The highest BCUT2D eigenvalue weighted by Gasteiger charge is 2.28. The summed E-state index contributed by atoms with van der Waals surface area (Å²) in [6.45, 7) is 1.41. The van der Waals surface area contributed by atoms with Crippen LogP contribution in [0.15, 0.2) is 42.6 Å². The van der Waals surface area contributed by atoms with Crippen molar-refractivity contribution in [1.82, 2.24) is 15.2 Å². The second kappa shape index (κ2) is 6.87. The second-order valence-electron chi connectivity index (χ2n) is 7.03. The van der Waals surface area contributed by atoms with Crippen molar-refractivity contribution in [2.45, 2.75) is 12.8 Å². The third-order valence-electron chi connectivity index (χ3n) is 5.13. The average molecular weight is 395 g/mol. The zero-order valence-electron chi connectivity index (χ0n) is 15.0. The quantitative estimate of drug-likeness (QED) is 0.546. The number of carbonyl (C=O) groups is 1. The van der Waals surface area contributed by atoms with Crippen molar-refractivity contribution >= 4 is 49.2 Å². The molecular formula is C20H18FN5OS. The molecule has 2 N–H and O–H groups in total. The lowest BCUT2D eigenvalue weighted by atomic mass is 9.97. The first kappa shape index (κ1) is 17.1. The van der Waals surface area contributed by atoms with Crippen molar-refractivity contribution in [3.05, 3.63) is 48.4 Å². The van der Waals surface area contributed by atoms with Crippen molar-refractivity contribution in [2.24, 2.45) is 5.92 Å². The number of carbonyl (C=O) groups excluding carboxylic acids is 1. The lowest BCUT2D eigenvalue weighted by Gasteiger charge is -2.31. The smallest absolute Gasteiger partial charge is 0.229 e. The third kappa shape index (κ3) is 3.09. The molecule has 1 aliphatic rings. The van der Waals surface area contributed by atoms with E-state index in [2.05, 4.69) is 25.4 Å². The Bertz CT molecular complexity index is 1170. The molecule has 2 aromatic heterocycles. The fourth-order valence-corrected chi connectivity index (χ4v) is 4.68. The highest BCUT2D eigenvalue weighted by Crippen LogP contribution is 2.33. The van der Waals surface area contributed by atoms with Crippen molar-refractivity contribution in [3.8, 4) is 0 Å². The molecule has 6 nitrogen and oxygen atoms in total. The molecule has 2 aromatic carbocycles. The first-order valence-corrected chi connectivity index (χ1v) is 10.0. The molecule has 1 saturated heterocycles. The fourth-order valence-electron chi connectivity index (χ4n) is 3.66. The Hall–Kier alpha value is -3.00. The van der Waals surface area contributed by atoms with Crippen LogP contribution in [0.3, 0.4) is 0 Å². The van der Waals surface area contributed by atoms with Gasteiger partial charge in [0.15, 0.2) is 5.13 Å². The van der Waals surface area contributed by atoms with Gasteiger partial charge < -0.3 is 10.2 Å². The first-order valence-electron chi connectivity index (χ1n) is 9.21. The normalized spacial score (nSPS) is 17.3. The molecule has 1 fully saturated rings. The number of H-pyrrole nitrogens is 1. The Kier molecular flexibility index (Phi) is 4.20. The number of piperidine rings is 1. The van der Waals surface area contributed by atoms with Crippen LogP contribution in [0.2, 0.25) is 0 Å². The summed E-state index contributed by atoms with van der Waals surface area (Å²) in [6.07, 6.45) is 3.48. The molecule has 28 heavy (non-hydrogen) atoms. The highest BCUT2D eigenvalue weighted by atomic mass is 32.1. The van der Waals surface area contributed by atoms with Gasteiger partial charge in [0, 0.05) is 24.2 Å². The van der Waals surface area contributed by atoms with Crippen molar-refractivity contribution in [3.63, 3.8) is 0 Å². The topological polar surface area (TPSA) is 73.9 Å². The zero-order chi connectivity index (χ0) is 19.1. The van der Waals surface area contributed by atoms with Crippen LogP contribution in [-0.4, -0.2) is 34.2 Å². The highest BCUT2D eigenvalue weighted by molar-refractivity contribution is 7.22. The predicted molar refractivity (Wildman–Crippen MR) is 109 cm³/mol. The number of amides is 1. The number of para-hydroxylation sites is 1. The van der Waals surface area contributed by atoms with Crippen molar-refractivity contribution < 1.29 is 9.18 Å². The Morgan fingerprint density at radius 3 is 3.14 bits per heavy atom. The van der Waals surface area contributed by atoms with E-state index in [0.29, 0.717) is 12.1 Å². The van der Waals surface area contributed by atoms with Crippen molar-refractivity contribution in [1.29, 1.82) is 0 Å². The number of nitrogens with zero attached hydrogens (tertiary/aromatic N) is 3. The zero-order valence-corrected chi connectivity index (χ0v) is 15.8. The number of aromatic nitrogens is 3. The van der Waals surface area contributed by atoms with E-state index in [1.807, 2.05) is 24.3 Å². The summed E-state index contributed by atoms with van der Waals surface area (Å²) >= 11 is 1.47. The van der Waals surface area contributed by atoms with Gasteiger partial charge in [0.1, 0.15) is 11.3 Å². The minimum atomic E-state index is -0.305. The van der Waals surface area contributed by atoms with Crippen molar-refractivity contribution in [2.75, 3.05) is 23.3 Å². The number of halogens is 1. The Morgan fingerprint density at radius 2 is 2.25 bits per heavy atom. The number of fused-ring (bicyclic) bond motifs is 2. The van der Waals surface area contributed by atoms with Gasteiger partial charge >= 0.3 is 0 Å². The molecule has 4 aromatic rings. The molecule has 1 unspecified atom stereocenters. The summed E-state index contributed by atoms with van der Waals surface area (Å²) in [5.41, 5.74) is 2.04. The summed E-state index contributed by atoms with van der Waals surface area (Å²) in [4.78, 5) is 19.4. The Morgan fingerprint density at radius 1 is 1.32 bits per heavy atom. The number of thiazole rings is 1. The van der Waals surface area contributed by atoms with Crippen LogP contribution in [0.5, 0.6) is 0 Å². The second-order valence-corrected chi connectivity index (χ2v) is 8.04. The number of hydrogen-bond acceptors (Lipinski definition) is 5. The summed E-state index contributed by atoms with van der Waals surface area (Å²) in [5.74, 6) is -0.445. The van der Waals surface area contributed by atoms with Gasteiger partial charge in [-0.15, -0.1) is 0 Å². The average Bonchev–Trinajstić information content (AvgIpc) is 3.35. The molecule has 0 saturated carbocycles. The van der Waals surface area contributed by atoms with Gasteiger partial charge in [-0.05, 0) is 43.2 Å². The van der Waals surface area contributed by atoms with Crippen LogP contribution in [0.1, 0.15) is 12.8 Å². The third-order valence-corrected chi connectivity index (χ3v) is 6.21. The minimum absolute atomic E-state index is 0.00384. The van der Waals surface area contributed by atoms with Crippen LogP contribution in [0, 0.1) is 11.7 Å². The van der Waals surface area contributed by atoms with Gasteiger partial charge in [0.2, 0.25) is 5.91 Å². The van der Waals surface area contributed by atoms with E-state index in [4.69, 9.17) is 0 Å².